The van der Waals surface area contributed by atoms with E-state index < -0.39 is 0 Å². The van der Waals surface area contributed by atoms with E-state index in [0.717, 1.165) is 12.4 Å². The van der Waals surface area contributed by atoms with Gasteiger partial charge in [-0.25, -0.2) is 0 Å². The highest BCUT2D eigenvalue weighted by atomic mass is 15.2. The van der Waals surface area contributed by atoms with Gasteiger partial charge in [-0.2, -0.15) is 0 Å². The molecule has 1 aromatic heterocycles. The van der Waals surface area contributed by atoms with E-state index in [1.54, 1.807) is 6.07 Å². The van der Waals surface area contributed by atoms with Crippen LogP contribution in [0, 0.1) is 16.7 Å². The van der Waals surface area contributed by atoms with Crippen molar-refractivity contribution < 1.29 is 0 Å². The number of rotatable bonds is 3. The Morgan fingerprint density at radius 2 is 1.81 bits per heavy atom. The first-order valence-corrected chi connectivity index (χ1v) is 5.69. The average molecular weight is 220 g/mol. The topological polar surface area (TPSA) is 63.8 Å². The Labute approximate surface area is 96.6 Å². The first kappa shape index (κ1) is 11.2. The molecule has 1 aliphatic rings. The summed E-state index contributed by atoms with van der Waals surface area (Å²) in [7, 11) is 0. The Hall–Kier alpha value is -1.32. The lowest BCUT2D eigenvalue weighted by atomic mass is 10.0. The molecule has 0 unspecified atom stereocenters. The molecule has 0 amide bonds. The van der Waals surface area contributed by atoms with Gasteiger partial charge in [0.25, 0.3) is 0 Å². The van der Waals surface area contributed by atoms with E-state index in [1.165, 1.54) is 0 Å². The van der Waals surface area contributed by atoms with Crippen LogP contribution >= 0.6 is 0 Å². The summed E-state index contributed by atoms with van der Waals surface area (Å²) >= 11 is 0. The molecule has 1 saturated carbocycles. The first-order chi connectivity index (χ1) is 7.35. The molecular formula is C12H20N4. The van der Waals surface area contributed by atoms with Crippen LogP contribution in [0.2, 0.25) is 0 Å². The average Bonchev–Trinajstić information content (AvgIpc) is 2.58. The molecule has 16 heavy (non-hydrogen) atoms. The first-order valence-electron chi connectivity index (χ1n) is 5.69. The van der Waals surface area contributed by atoms with E-state index in [9.17, 15) is 0 Å². The van der Waals surface area contributed by atoms with Gasteiger partial charge < -0.3 is 11.1 Å². The minimum Gasteiger partial charge on any atom is -0.382 e. The molecule has 1 heterocycles. The normalized spacial score (nSPS) is 21.8. The van der Waals surface area contributed by atoms with Crippen LogP contribution in [0.5, 0.6) is 0 Å². The second-order valence-corrected chi connectivity index (χ2v) is 5.72. The number of hydrogen-bond acceptors (Lipinski definition) is 4. The fourth-order valence-electron chi connectivity index (χ4n) is 2.49. The molecule has 0 aliphatic heterocycles. The maximum atomic E-state index is 5.48. The summed E-state index contributed by atoms with van der Waals surface area (Å²) in [6.07, 6.45) is 0. The molecular weight excluding hydrogens is 200 g/mol. The molecule has 4 nitrogen and oxygen atoms in total. The summed E-state index contributed by atoms with van der Waals surface area (Å²) in [5.41, 5.74) is 6.29. The summed E-state index contributed by atoms with van der Waals surface area (Å²) in [6.45, 7) is 10.2. The number of nitrogens with one attached hydrogen (secondary N) is 1. The Morgan fingerprint density at radius 1 is 1.19 bits per heavy atom. The van der Waals surface area contributed by atoms with Crippen LogP contribution in [0.25, 0.3) is 0 Å². The Balaban J connectivity index is 1.93. The largest absolute Gasteiger partial charge is 0.382 e. The van der Waals surface area contributed by atoms with Crippen molar-refractivity contribution in [1.82, 2.24) is 10.2 Å². The van der Waals surface area contributed by atoms with Gasteiger partial charge in [-0.1, -0.05) is 27.7 Å². The number of nitrogens with two attached hydrogens (primary N) is 1. The van der Waals surface area contributed by atoms with Crippen LogP contribution in [0.1, 0.15) is 27.7 Å². The van der Waals surface area contributed by atoms with Crippen LogP contribution in [0.15, 0.2) is 12.1 Å². The number of nitrogens with zero attached hydrogens (tertiary/aromatic N) is 2. The Kier molecular flexibility index (Phi) is 2.33. The summed E-state index contributed by atoms with van der Waals surface area (Å²) in [5.74, 6) is 1.93. The van der Waals surface area contributed by atoms with E-state index in [-0.39, 0.29) is 0 Å². The Morgan fingerprint density at radius 3 is 2.25 bits per heavy atom. The van der Waals surface area contributed by atoms with Crippen LogP contribution in [0.4, 0.5) is 11.6 Å². The van der Waals surface area contributed by atoms with Crippen molar-refractivity contribution in [3.05, 3.63) is 12.1 Å². The van der Waals surface area contributed by atoms with Gasteiger partial charge in [0.2, 0.25) is 0 Å². The van der Waals surface area contributed by atoms with Gasteiger partial charge in [-0.3, -0.25) is 0 Å². The van der Waals surface area contributed by atoms with Gasteiger partial charge in [0.1, 0.15) is 11.6 Å². The smallest absolute Gasteiger partial charge is 0.148 e. The lowest BCUT2D eigenvalue weighted by molar-refractivity contribution is 0.457. The van der Waals surface area contributed by atoms with E-state index >= 15 is 0 Å². The summed E-state index contributed by atoms with van der Waals surface area (Å²) in [6, 6.07) is 3.63. The van der Waals surface area contributed by atoms with Crippen LogP contribution in [-0.2, 0) is 0 Å². The van der Waals surface area contributed by atoms with Crippen molar-refractivity contribution in [2.75, 3.05) is 17.6 Å². The summed E-state index contributed by atoms with van der Waals surface area (Å²) < 4.78 is 0. The standard InChI is InChI=1S/C12H20N4/c1-11(2)8(12(11,3)4)7-14-10-6-5-9(13)15-16-10/h5-6,8H,7H2,1-4H3,(H2,13,15)(H,14,16). The van der Waals surface area contributed by atoms with Crippen LogP contribution in [-0.4, -0.2) is 16.7 Å². The molecule has 0 atom stereocenters. The maximum absolute atomic E-state index is 5.48. The molecule has 1 aliphatic carbocycles. The van der Waals surface area contributed by atoms with Crippen molar-refractivity contribution in [2.45, 2.75) is 27.7 Å². The third-order valence-electron chi connectivity index (χ3n) is 4.49. The fourth-order valence-corrected chi connectivity index (χ4v) is 2.49. The third kappa shape index (κ3) is 1.62. The maximum Gasteiger partial charge on any atom is 0.148 e. The number of hydrogen-bond donors (Lipinski definition) is 2. The molecule has 0 saturated heterocycles. The van der Waals surface area contributed by atoms with Gasteiger partial charge in [0.05, 0.1) is 0 Å². The second kappa shape index (κ2) is 3.34. The van der Waals surface area contributed by atoms with Gasteiger partial charge >= 0.3 is 0 Å². The van der Waals surface area contributed by atoms with E-state index in [2.05, 4.69) is 43.2 Å². The van der Waals surface area contributed by atoms with Crippen molar-refractivity contribution in [3.8, 4) is 0 Å². The zero-order chi connectivity index (χ0) is 12.0. The highest BCUT2D eigenvalue weighted by molar-refractivity contribution is 5.39. The van der Waals surface area contributed by atoms with Gasteiger partial charge in [-0.05, 0) is 28.9 Å². The predicted octanol–water partition coefficient (Wildman–Crippen LogP) is 2.15. The molecule has 0 aromatic carbocycles. The molecule has 0 radical (unpaired) electrons. The molecule has 1 aromatic rings. The minimum atomic E-state index is 0.404. The van der Waals surface area contributed by atoms with Gasteiger partial charge in [0.15, 0.2) is 0 Å². The number of nitrogen functional groups attached to an aromatic ring is 1. The number of aromatic nitrogens is 2. The van der Waals surface area contributed by atoms with Gasteiger partial charge in [-0.15, -0.1) is 10.2 Å². The second-order valence-electron chi connectivity index (χ2n) is 5.72. The van der Waals surface area contributed by atoms with E-state index in [4.69, 9.17) is 5.73 Å². The van der Waals surface area contributed by atoms with Crippen molar-refractivity contribution in [3.63, 3.8) is 0 Å². The third-order valence-corrected chi connectivity index (χ3v) is 4.49. The zero-order valence-electron chi connectivity index (χ0n) is 10.4. The fraction of sp³-hybridized carbons (Fsp3) is 0.667. The summed E-state index contributed by atoms with van der Waals surface area (Å²) in [5, 5.41) is 11.1. The highest BCUT2D eigenvalue weighted by Crippen LogP contribution is 2.68. The number of anilines is 2. The molecule has 1 fully saturated rings. The van der Waals surface area contributed by atoms with Crippen molar-refractivity contribution in [1.29, 1.82) is 0 Å². The quantitative estimate of drug-likeness (QED) is 0.819. The molecule has 0 spiro atoms. The zero-order valence-corrected chi connectivity index (χ0v) is 10.4. The SMILES string of the molecule is CC1(C)C(CNc2ccc(N)nn2)C1(C)C. The molecule has 3 N–H and O–H groups in total. The van der Waals surface area contributed by atoms with E-state index in [0.29, 0.717) is 22.6 Å². The Bertz CT molecular complexity index is 367. The predicted molar refractivity (Wildman–Crippen MR) is 66.0 cm³/mol. The monoisotopic (exact) mass is 220 g/mol. The molecule has 4 heteroatoms. The van der Waals surface area contributed by atoms with Crippen molar-refractivity contribution in [2.24, 2.45) is 16.7 Å². The lowest BCUT2D eigenvalue weighted by Crippen LogP contribution is -2.10. The molecule has 88 valence electrons. The lowest BCUT2D eigenvalue weighted by Gasteiger charge is -2.05. The molecule has 0 bridgehead atoms. The highest BCUT2D eigenvalue weighted by Gasteiger charge is 2.64. The minimum absolute atomic E-state index is 0.404. The van der Waals surface area contributed by atoms with E-state index in [1.807, 2.05) is 6.07 Å². The van der Waals surface area contributed by atoms with Crippen LogP contribution < -0.4 is 11.1 Å². The van der Waals surface area contributed by atoms with Gasteiger partial charge in [0, 0.05) is 6.54 Å². The molecule has 2 rings (SSSR count). The van der Waals surface area contributed by atoms with Crippen molar-refractivity contribution >= 4 is 11.6 Å². The summed E-state index contributed by atoms with van der Waals surface area (Å²) in [4.78, 5) is 0. The van der Waals surface area contributed by atoms with Crippen LogP contribution in [0.3, 0.4) is 0 Å².